The van der Waals surface area contributed by atoms with Gasteiger partial charge in [-0.25, -0.2) is 0 Å². The fourth-order valence-corrected chi connectivity index (χ4v) is 2.62. The molecule has 3 nitrogen and oxygen atoms in total. The maximum atomic E-state index is 9.92. The minimum Gasteiger partial charge on any atom is -0.392 e. The van der Waals surface area contributed by atoms with Gasteiger partial charge in [-0.15, -0.1) is 0 Å². The molecule has 2 unspecified atom stereocenters. The van der Waals surface area contributed by atoms with Gasteiger partial charge in [0.25, 0.3) is 0 Å². The van der Waals surface area contributed by atoms with Crippen LogP contribution in [0.4, 0.5) is 0 Å². The van der Waals surface area contributed by atoms with Gasteiger partial charge in [0.05, 0.1) is 17.8 Å². The number of aliphatic hydroxyl groups excluding tert-OH is 1. The second-order valence-electron chi connectivity index (χ2n) is 5.79. The molecule has 0 bridgehead atoms. The molecule has 0 spiro atoms. The van der Waals surface area contributed by atoms with Gasteiger partial charge in [-0.1, -0.05) is 0 Å². The van der Waals surface area contributed by atoms with E-state index in [1.807, 2.05) is 0 Å². The molecule has 2 rings (SSSR count). The van der Waals surface area contributed by atoms with Crippen LogP contribution in [0.15, 0.2) is 0 Å². The summed E-state index contributed by atoms with van der Waals surface area (Å²) in [5.41, 5.74) is -0.0685. The monoisotopic (exact) mass is 213 g/mol. The SMILES string of the molecule is CC1CN(CC(O)C2CC2)CC(C)(C)O1. The van der Waals surface area contributed by atoms with Crippen molar-refractivity contribution in [2.24, 2.45) is 5.92 Å². The standard InChI is InChI=1S/C12H23NO2/c1-9-6-13(8-12(2,3)15-9)7-11(14)10-4-5-10/h9-11,14H,4-8H2,1-3H3. The lowest BCUT2D eigenvalue weighted by Gasteiger charge is -2.42. The van der Waals surface area contributed by atoms with Crippen LogP contribution < -0.4 is 0 Å². The zero-order valence-corrected chi connectivity index (χ0v) is 10.1. The van der Waals surface area contributed by atoms with Crippen LogP contribution in [0, 0.1) is 5.92 Å². The summed E-state index contributed by atoms with van der Waals surface area (Å²) in [5, 5.41) is 9.92. The second kappa shape index (κ2) is 4.04. The first-order valence-electron chi connectivity index (χ1n) is 6.04. The molecular formula is C12H23NO2. The van der Waals surface area contributed by atoms with Crippen LogP contribution in [0.3, 0.4) is 0 Å². The lowest BCUT2D eigenvalue weighted by molar-refractivity contribution is -0.134. The third kappa shape index (κ3) is 3.16. The molecule has 3 heteroatoms. The third-order valence-electron chi connectivity index (χ3n) is 3.25. The summed E-state index contributed by atoms with van der Waals surface area (Å²) < 4.78 is 5.84. The van der Waals surface area contributed by atoms with Gasteiger partial charge in [-0.05, 0) is 39.5 Å². The largest absolute Gasteiger partial charge is 0.392 e. The highest BCUT2D eigenvalue weighted by molar-refractivity contribution is 4.87. The van der Waals surface area contributed by atoms with E-state index in [1.54, 1.807) is 0 Å². The first-order chi connectivity index (χ1) is 6.96. The van der Waals surface area contributed by atoms with Gasteiger partial charge < -0.3 is 9.84 Å². The molecule has 1 N–H and O–H groups in total. The molecule has 88 valence electrons. The van der Waals surface area contributed by atoms with Crippen LogP contribution in [0.25, 0.3) is 0 Å². The molecular weight excluding hydrogens is 190 g/mol. The van der Waals surface area contributed by atoms with Gasteiger partial charge in [0.15, 0.2) is 0 Å². The van der Waals surface area contributed by atoms with Gasteiger partial charge >= 0.3 is 0 Å². The fraction of sp³-hybridized carbons (Fsp3) is 1.00. The molecule has 15 heavy (non-hydrogen) atoms. The van der Waals surface area contributed by atoms with Crippen molar-refractivity contribution in [2.45, 2.75) is 51.4 Å². The summed E-state index contributed by atoms with van der Waals surface area (Å²) in [7, 11) is 0. The number of β-amino-alcohol motifs (C(OH)–C–C–N with tert-alkyl or cyclic N) is 1. The number of ether oxygens (including phenoxy) is 1. The lowest BCUT2D eigenvalue weighted by atomic mass is 10.0. The third-order valence-corrected chi connectivity index (χ3v) is 3.25. The van der Waals surface area contributed by atoms with Gasteiger partial charge in [-0.3, -0.25) is 4.90 Å². The number of nitrogens with zero attached hydrogens (tertiary/aromatic N) is 1. The molecule has 0 amide bonds. The highest BCUT2D eigenvalue weighted by Crippen LogP contribution is 2.33. The molecule has 1 saturated heterocycles. The molecule has 1 heterocycles. The van der Waals surface area contributed by atoms with Crippen molar-refractivity contribution >= 4 is 0 Å². The van der Waals surface area contributed by atoms with Crippen molar-refractivity contribution in [1.82, 2.24) is 4.90 Å². The predicted octanol–water partition coefficient (Wildman–Crippen LogP) is 1.26. The minimum absolute atomic E-state index is 0.0685. The Kier molecular flexibility index (Phi) is 3.06. The molecule has 1 aliphatic carbocycles. The summed E-state index contributed by atoms with van der Waals surface area (Å²) in [4.78, 5) is 2.34. The fourth-order valence-electron chi connectivity index (χ4n) is 2.62. The Hall–Kier alpha value is -0.120. The van der Waals surface area contributed by atoms with E-state index >= 15 is 0 Å². The molecule has 1 aliphatic heterocycles. The average molecular weight is 213 g/mol. The van der Waals surface area contributed by atoms with Crippen LogP contribution in [-0.4, -0.2) is 47.4 Å². The molecule has 0 aromatic carbocycles. The van der Waals surface area contributed by atoms with Crippen LogP contribution in [-0.2, 0) is 4.74 Å². The topological polar surface area (TPSA) is 32.7 Å². The summed E-state index contributed by atoms with van der Waals surface area (Å²) in [6, 6.07) is 0. The zero-order chi connectivity index (χ0) is 11.1. The minimum atomic E-state index is -0.119. The van der Waals surface area contributed by atoms with Crippen LogP contribution in [0.1, 0.15) is 33.6 Å². The molecule has 2 aliphatic rings. The Balaban J connectivity index is 1.85. The van der Waals surface area contributed by atoms with Crippen LogP contribution in [0.5, 0.6) is 0 Å². The maximum Gasteiger partial charge on any atom is 0.0757 e. The number of aliphatic hydroxyl groups is 1. The van der Waals surface area contributed by atoms with E-state index in [0.29, 0.717) is 5.92 Å². The Bertz CT molecular complexity index is 226. The van der Waals surface area contributed by atoms with E-state index in [-0.39, 0.29) is 17.8 Å². The lowest BCUT2D eigenvalue weighted by Crippen LogP contribution is -2.53. The van der Waals surface area contributed by atoms with E-state index in [1.165, 1.54) is 12.8 Å². The average Bonchev–Trinajstić information content (AvgIpc) is 2.80. The highest BCUT2D eigenvalue weighted by Gasteiger charge is 2.35. The van der Waals surface area contributed by atoms with E-state index in [4.69, 9.17) is 4.74 Å². The Morgan fingerprint density at radius 1 is 1.47 bits per heavy atom. The number of hydrogen-bond donors (Lipinski definition) is 1. The van der Waals surface area contributed by atoms with Crippen molar-refractivity contribution < 1.29 is 9.84 Å². The Labute approximate surface area is 92.4 Å². The van der Waals surface area contributed by atoms with Gasteiger partial charge in [0.1, 0.15) is 0 Å². The predicted molar refractivity (Wildman–Crippen MR) is 59.8 cm³/mol. The summed E-state index contributed by atoms with van der Waals surface area (Å²) in [6.07, 6.45) is 2.58. The number of rotatable bonds is 3. The Morgan fingerprint density at radius 2 is 2.13 bits per heavy atom. The molecule has 2 fully saturated rings. The smallest absolute Gasteiger partial charge is 0.0757 e. The van der Waals surface area contributed by atoms with Crippen molar-refractivity contribution in [3.8, 4) is 0 Å². The molecule has 0 aromatic rings. The molecule has 1 saturated carbocycles. The first kappa shape index (κ1) is 11.4. The van der Waals surface area contributed by atoms with E-state index < -0.39 is 0 Å². The molecule has 0 aromatic heterocycles. The summed E-state index contributed by atoms with van der Waals surface area (Å²) in [5.74, 6) is 0.575. The van der Waals surface area contributed by atoms with Crippen molar-refractivity contribution in [3.63, 3.8) is 0 Å². The number of hydrogen-bond acceptors (Lipinski definition) is 3. The quantitative estimate of drug-likeness (QED) is 0.766. The normalized spacial score (nSPS) is 34.0. The van der Waals surface area contributed by atoms with E-state index in [2.05, 4.69) is 25.7 Å². The van der Waals surface area contributed by atoms with Crippen LogP contribution >= 0.6 is 0 Å². The van der Waals surface area contributed by atoms with E-state index in [0.717, 1.165) is 19.6 Å². The molecule has 2 atom stereocenters. The van der Waals surface area contributed by atoms with Gasteiger partial charge in [-0.2, -0.15) is 0 Å². The van der Waals surface area contributed by atoms with Crippen molar-refractivity contribution in [1.29, 1.82) is 0 Å². The summed E-state index contributed by atoms with van der Waals surface area (Å²) in [6.45, 7) is 9.06. The van der Waals surface area contributed by atoms with Crippen molar-refractivity contribution in [3.05, 3.63) is 0 Å². The van der Waals surface area contributed by atoms with E-state index in [9.17, 15) is 5.11 Å². The van der Waals surface area contributed by atoms with Gasteiger partial charge in [0.2, 0.25) is 0 Å². The second-order valence-corrected chi connectivity index (χ2v) is 5.79. The van der Waals surface area contributed by atoms with Crippen molar-refractivity contribution in [2.75, 3.05) is 19.6 Å². The zero-order valence-electron chi connectivity index (χ0n) is 10.1. The highest BCUT2D eigenvalue weighted by atomic mass is 16.5. The summed E-state index contributed by atoms with van der Waals surface area (Å²) >= 11 is 0. The number of morpholine rings is 1. The molecule has 0 radical (unpaired) electrons. The Morgan fingerprint density at radius 3 is 2.67 bits per heavy atom. The first-order valence-corrected chi connectivity index (χ1v) is 6.04. The maximum absolute atomic E-state index is 9.92. The van der Waals surface area contributed by atoms with Gasteiger partial charge in [0, 0.05) is 19.6 Å². The van der Waals surface area contributed by atoms with Crippen LogP contribution in [0.2, 0.25) is 0 Å².